The molecule has 27 heavy (non-hydrogen) atoms. The van der Waals surface area contributed by atoms with Crippen LogP contribution < -0.4 is 10.1 Å². The molecule has 0 radical (unpaired) electrons. The molecule has 6 heteroatoms. The Morgan fingerprint density at radius 1 is 1.15 bits per heavy atom. The molecule has 2 fully saturated rings. The van der Waals surface area contributed by atoms with E-state index in [9.17, 15) is 9.59 Å². The Bertz CT molecular complexity index is 645. The second-order valence-corrected chi connectivity index (χ2v) is 7.83. The highest BCUT2D eigenvalue weighted by atomic mass is 16.5. The van der Waals surface area contributed by atoms with Crippen molar-refractivity contribution >= 4 is 12.0 Å². The molecule has 0 atom stereocenters. The summed E-state index contributed by atoms with van der Waals surface area (Å²) in [5.74, 6) is -0.233. The Morgan fingerprint density at radius 2 is 1.78 bits per heavy atom. The van der Waals surface area contributed by atoms with Gasteiger partial charge in [0, 0.05) is 25.0 Å². The van der Waals surface area contributed by atoms with Crippen LogP contribution in [0.2, 0.25) is 0 Å². The van der Waals surface area contributed by atoms with Crippen LogP contribution >= 0.6 is 0 Å². The Balaban J connectivity index is 1.63. The average molecular weight is 374 g/mol. The van der Waals surface area contributed by atoms with E-state index in [-0.39, 0.29) is 17.4 Å². The van der Waals surface area contributed by atoms with E-state index in [4.69, 9.17) is 9.84 Å². The standard InChI is InChI=1S/C21H30N2O4/c1-27-18-7-5-17(6-8-18)21(11-3-2-4-12-21)15-22-20(26)23-13-9-16(10-14-23)19(24)25/h5-8,16H,2-4,9-15H2,1H3,(H,22,26)(H,24,25). The van der Waals surface area contributed by atoms with Crippen molar-refractivity contribution in [3.05, 3.63) is 29.8 Å². The lowest BCUT2D eigenvalue weighted by Crippen LogP contribution is -2.49. The lowest BCUT2D eigenvalue weighted by Gasteiger charge is -2.39. The number of ether oxygens (including phenoxy) is 1. The molecule has 1 saturated heterocycles. The summed E-state index contributed by atoms with van der Waals surface area (Å²) in [5, 5.41) is 12.2. The number of carboxylic acid groups (broad SMARTS) is 1. The molecule has 2 aliphatic rings. The molecule has 0 aromatic heterocycles. The average Bonchev–Trinajstić information content (AvgIpc) is 2.73. The first kappa shape index (κ1) is 19.5. The van der Waals surface area contributed by atoms with Crippen LogP contribution in [-0.4, -0.2) is 48.8 Å². The van der Waals surface area contributed by atoms with Crippen molar-refractivity contribution in [2.45, 2.75) is 50.4 Å². The van der Waals surface area contributed by atoms with Crippen LogP contribution in [0.3, 0.4) is 0 Å². The topological polar surface area (TPSA) is 78.9 Å². The number of rotatable bonds is 5. The zero-order valence-corrected chi connectivity index (χ0v) is 16.1. The van der Waals surface area contributed by atoms with Gasteiger partial charge in [-0.05, 0) is 43.4 Å². The van der Waals surface area contributed by atoms with E-state index >= 15 is 0 Å². The number of likely N-dealkylation sites (tertiary alicyclic amines) is 1. The highest BCUT2D eigenvalue weighted by Gasteiger charge is 2.35. The van der Waals surface area contributed by atoms with Crippen LogP contribution in [0.4, 0.5) is 4.79 Å². The van der Waals surface area contributed by atoms with Crippen molar-refractivity contribution in [3.63, 3.8) is 0 Å². The van der Waals surface area contributed by atoms with E-state index in [1.165, 1.54) is 24.8 Å². The molecule has 148 valence electrons. The number of piperidine rings is 1. The van der Waals surface area contributed by atoms with Gasteiger partial charge in [0.05, 0.1) is 13.0 Å². The number of carboxylic acids is 1. The minimum Gasteiger partial charge on any atom is -0.497 e. The third-order valence-corrected chi connectivity index (χ3v) is 6.22. The summed E-state index contributed by atoms with van der Waals surface area (Å²) in [6.45, 7) is 1.65. The SMILES string of the molecule is COc1ccc(C2(CNC(=O)N3CCC(C(=O)O)CC3)CCCCC2)cc1. The second-order valence-electron chi connectivity index (χ2n) is 7.83. The zero-order valence-electron chi connectivity index (χ0n) is 16.1. The third kappa shape index (κ3) is 4.54. The van der Waals surface area contributed by atoms with Gasteiger partial charge in [-0.2, -0.15) is 0 Å². The number of nitrogens with zero attached hydrogens (tertiary/aromatic N) is 1. The molecule has 0 bridgehead atoms. The number of hydrogen-bond donors (Lipinski definition) is 2. The molecule has 2 amide bonds. The molecule has 1 aromatic rings. The van der Waals surface area contributed by atoms with Crippen molar-refractivity contribution in [1.82, 2.24) is 10.2 Å². The number of amides is 2. The lowest BCUT2D eigenvalue weighted by molar-refractivity contribution is -0.143. The Hall–Kier alpha value is -2.24. The maximum absolute atomic E-state index is 12.6. The first-order chi connectivity index (χ1) is 13.0. The quantitative estimate of drug-likeness (QED) is 0.828. The minimum atomic E-state index is -0.754. The number of benzene rings is 1. The first-order valence-corrected chi connectivity index (χ1v) is 9.94. The van der Waals surface area contributed by atoms with Gasteiger partial charge >= 0.3 is 12.0 Å². The highest BCUT2D eigenvalue weighted by molar-refractivity contribution is 5.75. The van der Waals surface area contributed by atoms with Gasteiger partial charge in [-0.25, -0.2) is 4.79 Å². The van der Waals surface area contributed by atoms with Crippen LogP contribution in [0.1, 0.15) is 50.5 Å². The van der Waals surface area contributed by atoms with Crippen LogP contribution in [-0.2, 0) is 10.2 Å². The van der Waals surface area contributed by atoms with Crippen molar-refractivity contribution in [2.75, 3.05) is 26.7 Å². The van der Waals surface area contributed by atoms with Crippen molar-refractivity contribution < 1.29 is 19.4 Å². The molecular weight excluding hydrogens is 344 g/mol. The Kier molecular flexibility index (Phi) is 6.24. The lowest BCUT2D eigenvalue weighted by atomic mass is 9.69. The minimum absolute atomic E-state index is 0.0282. The number of urea groups is 1. The fourth-order valence-corrected chi connectivity index (χ4v) is 4.43. The number of carbonyl (C=O) groups is 2. The van der Waals surface area contributed by atoms with E-state index in [1.54, 1.807) is 12.0 Å². The number of methoxy groups -OCH3 is 1. The van der Waals surface area contributed by atoms with Crippen LogP contribution in [0.15, 0.2) is 24.3 Å². The Labute approximate surface area is 160 Å². The maximum Gasteiger partial charge on any atom is 0.317 e. The number of aliphatic carboxylic acids is 1. The van der Waals surface area contributed by atoms with Gasteiger partial charge in [0.15, 0.2) is 0 Å². The van der Waals surface area contributed by atoms with Crippen LogP contribution in [0, 0.1) is 5.92 Å². The summed E-state index contributed by atoms with van der Waals surface area (Å²) in [6, 6.07) is 8.15. The molecule has 1 aliphatic heterocycles. The summed E-state index contributed by atoms with van der Waals surface area (Å²) >= 11 is 0. The predicted octanol–water partition coefficient (Wildman–Crippen LogP) is 3.40. The van der Waals surface area contributed by atoms with Gasteiger partial charge < -0.3 is 20.1 Å². The maximum atomic E-state index is 12.6. The monoisotopic (exact) mass is 374 g/mol. The molecular formula is C21H30N2O4. The first-order valence-electron chi connectivity index (χ1n) is 9.94. The summed E-state index contributed by atoms with van der Waals surface area (Å²) in [6.07, 6.45) is 6.80. The van der Waals surface area contributed by atoms with E-state index in [2.05, 4.69) is 17.4 Å². The summed E-state index contributed by atoms with van der Waals surface area (Å²) in [7, 11) is 1.67. The zero-order chi connectivity index (χ0) is 19.3. The molecule has 1 aromatic carbocycles. The van der Waals surface area contributed by atoms with Gasteiger partial charge in [-0.3, -0.25) is 4.79 Å². The van der Waals surface area contributed by atoms with Gasteiger partial charge in [-0.1, -0.05) is 31.4 Å². The molecule has 0 spiro atoms. The number of nitrogens with one attached hydrogen (secondary N) is 1. The normalized spacial score (nSPS) is 20.1. The molecule has 2 N–H and O–H groups in total. The molecule has 1 saturated carbocycles. The van der Waals surface area contributed by atoms with Gasteiger partial charge in [0.1, 0.15) is 5.75 Å². The highest BCUT2D eigenvalue weighted by Crippen LogP contribution is 2.39. The second kappa shape index (κ2) is 8.63. The van der Waals surface area contributed by atoms with Gasteiger partial charge in [-0.15, -0.1) is 0 Å². The number of hydrogen-bond acceptors (Lipinski definition) is 3. The summed E-state index contributed by atoms with van der Waals surface area (Å²) in [5.41, 5.74) is 1.23. The summed E-state index contributed by atoms with van der Waals surface area (Å²) < 4.78 is 5.27. The van der Waals surface area contributed by atoms with Crippen molar-refractivity contribution in [1.29, 1.82) is 0 Å². The van der Waals surface area contributed by atoms with Gasteiger partial charge in [0.25, 0.3) is 0 Å². The fourth-order valence-electron chi connectivity index (χ4n) is 4.43. The van der Waals surface area contributed by atoms with Crippen molar-refractivity contribution in [2.24, 2.45) is 5.92 Å². The van der Waals surface area contributed by atoms with Crippen LogP contribution in [0.5, 0.6) is 5.75 Å². The predicted molar refractivity (Wildman–Crippen MR) is 103 cm³/mol. The molecule has 1 heterocycles. The van der Waals surface area contributed by atoms with Crippen molar-refractivity contribution in [3.8, 4) is 5.75 Å². The third-order valence-electron chi connectivity index (χ3n) is 6.22. The smallest absolute Gasteiger partial charge is 0.317 e. The van der Waals surface area contributed by atoms with E-state index in [0.29, 0.717) is 32.5 Å². The molecule has 1 aliphatic carbocycles. The van der Waals surface area contributed by atoms with E-state index in [1.807, 2.05) is 12.1 Å². The molecule has 6 nitrogen and oxygen atoms in total. The van der Waals surface area contributed by atoms with Crippen LogP contribution in [0.25, 0.3) is 0 Å². The van der Waals surface area contributed by atoms with Gasteiger partial charge in [0.2, 0.25) is 0 Å². The number of carbonyl (C=O) groups excluding carboxylic acids is 1. The fraction of sp³-hybridized carbons (Fsp3) is 0.619. The molecule has 3 rings (SSSR count). The Morgan fingerprint density at radius 3 is 2.33 bits per heavy atom. The van der Waals surface area contributed by atoms with E-state index < -0.39 is 5.97 Å². The largest absolute Gasteiger partial charge is 0.497 e. The summed E-state index contributed by atoms with van der Waals surface area (Å²) in [4.78, 5) is 25.5. The van der Waals surface area contributed by atoms with E-state index in [0.717, 1.165) is 18.6 Å². The molecule has 0 unspecified atom stereocenters.